The van der Waals surface area contributed by atoms with Crippen LogP contribution in [0.1, 0.15) is 51.4 Å². The first-order chi connectivity index (χ1) is 13.4. The van der Waals surface area contributed by atoms with E-state index in [0.29, 0.717) is 12.0 Å². The van der Waals surface area contributed by atoms with Gasteiger partial charge >= 0.3 is 0 Å². The molecule has 4 rings (SSSR count). The Morgan fingerprint density at radius 3 is 2.48 bits per heavy atom. The third-order valence-electron chi connectivity index (χ3n) is 5.51. The summed E-state index contributed by atoms with van der Waals surface area (Å²) in [5.74, 6) is 1.61. The normalized spacial score (nSPS) is 21.0. The Labute approximate surface area is 162 Å². The van der Waals surface area contributed by atoms with Gasteiger partial charge in [0.2, 0.25) is 5.95 Å². The summed E-state index contributed by atoms with van der Waals surface area (Å²) >= 11 is 0. The quantitative estimate of drug-likeness (QED) is 0.714. The standard InChI is InChI=1S/C22H30N4O/c1-2-7-12-18(11-6-1)24-21-15-20(17-9-4-3-5-10-17)25-22(26-21)23-16-19-13-8-14-27-19/h3-5,9-10,15,18-19H,1-2,6-8,11-14,16H2,(H2,23,24,25,26). The van der Waals surface area contributed by atoms with Gasteiger partial charge in [-0.1, -0.05) is 56.0 Å². The molecular formula is C22H30N4O. The highest BCUT2D eigenvalue weighted by atomic mass is 16.5. The first-order valence-electron chi connectivity index (χ1n) is 10.4. The van der Waals surface area contributed by atoms with Crippen LogP contribution in [0.25, 0.3) is 11.3 Å². The Kier molecular flexibility index (Phi) is 6.20. The lowest BCUT2D eigenvalue weighted by Gasteiger charge is -2.19. The van der Waals surface area contributed by atoms with Gasteiger partial charge in [0.1, 0.15) is 5.82 Å². The molecule has 5 heteroatoms. The third-order valence-corrected chi connectivity index (χ3v) is 5.51. The maximum absolute atomic E-state index is 5.72. The lowest BCUT2D eigenvalue weighted by Crippen LogP contribution is -2.22. The van der Waals surface area contributed by atoms with Gasteiger partial charge in [-0.3, -0.25) is 0 Å². The van der Waals surface area contributed by atoms with Crippen molar-refractivity contribution in [2.75, 3.05) is 23.8 Å². The first kappa shape index (κ1) is 18.2. The first-order valence-corrected chi connectivity index (χ1v) is 10.4. The number of ether oxygens (including phenoxy) is 1. The van der Waals surface area contributed by atoms with Crippen LogP contribution in [-0.4, -0.2) is 35.3 Å². The molecule has 2 fully saturated rings. The van der Waals surface area contributed by atoms with E-state index in [1.54, 1.807) is 0 Å². The zero-order valence-corrected chi connectivity index (χ0v) is 16.0. The molecule has 2 aliphatic rings. The molecule has 2 aromatic rings. The molecule has 1 aromatic carbocycles. The van der Waals surface area contributed by atoms with Crippen molar-refractivity contribution < 1.29 is 4.74 Å². The Morgan fingerprint density at radius 2 is 1.74 bits per heavy atom. The molecule has 1 saturated carbocycles. The smallest absolute Gasteiger partial charge is 0.225 e. The minimum atomic E-state index is 0.271. The number of nitrogens with zero attached hydrogens (tertiary/aromatic N) is 2. The molecular weight excluding hydrogens is 336 g/mol. The molecule has 1 atom stereocenters. The lowest BCUT2D eigenvalue weighted by molar-refractivity contribution is 0.120. The molecule has 1 aliphatic heterocycles. The third kappa shape index (κ3) is 5.19. The summed E-state index contributed by atoms with van der Waals surface area (Å²) in [6.07, 6.45) is 10.3. The van der Waals surface area contributed by atoms with Gasteiger partial charge in [0.25, 0.3) is 0 Å². The zero-order valence-electron chi connectivity index (χ0n) is 16.0. The van der Waals surface area contributed by atoms with Crippen molar-refractivity contribution >= 4 is 11.8 Å². The van der Waals surface area contributed by atoms with Crippen molar-refractivity contribution in [1.29, 1.82) is 0 Å². The fourth-order valence-electron chi connectivity index (χ4n) is 4.00. The van der Waals surface area contributed by atoms with Crippen LogP contribution in [0.5, 0.6) is 0 Å². The summed E-state index contributed by atoms with van der Waals surface area (Å²) in [6.45, 7) is 1.63. The minimum Gasteiger partial charge on any atom is -0.376 e. The van der Waals surface area contributed by atoms with Crippen LogP contribution in [0.3, 0.4) is 0 Å². The predicted molar refractivity (Wildman–Crippen MR) is 110 cm³/mol. The highest BCUT2D eigenvalue weighted by molar-refractivity contribution is 5.64. The SMILES string of the molecule is c1ccc(-c2cc(NC3CCCCCC3)nc(NCC3CCCO3)n2)cc1. The van der Waals surface area contributed by atoms with E-state index in [0.717, 1.165) is 43.1 Å². The second-order valence-corrected chi connectivity index (χ2v) is 7.68. The van der Waals surface area contributed by atoms with Crippen molar-refractivity contribution in [2.45, 2.75) is 63.5 Å². The molecule has 1 aromatic heterocycles. The van der Waals surface area contributed by atoms with Crippen LogP contribution in [0.2, 0.25) is 0 Å². The van der Waals surface area contributed by atoms with Crippen LogP contribution in [0.4, 0.5) is 11.8 Å². The summed E-state index contributed by atoms with van der Waals surface area (Å²) < 4.78 is 5.72. The van der Waals surface area contributed by atoms with Gasteiger partial charge in [-0.25, -0.2) is 4.98 Å². The Morgan fingerprint density at radius 1 is 0.926 bits per heavy atom. The van der Waals surface area contributed by atoms with Gasteiger partial charge in [0, 0.05) is 30.8 Å². The summed E-state index contributed by atoms with van der Waals surface area (Å²) in [7, 11) is 0. The molecule has 2 heterocycles. The second-order valence-electron chi connectivity index (χ2n) is 7.68. The van der Waals surface area contributed by atoms with Crippen molar-refractivity contribution in [3.63, 3.8) is 0 Å². The summed E-state index contributed by atoms with van der Waals surface area (Å²) in [5.41, 5.74) is 2.07. The van der Waals surface area contributed by atoms with E-state index in [2.05, 4.69) is 41.0 Å². The van der Waals surface area contributed by atoms with E-state index >= 15 is 0 Å². The van der Waals surface area contributed by atoms with Crippen LogP contribution in [0, 0.1) is 0 Å². The van der Waals surface area contributed by atoms with Crippen molar-refractivity contribution in [3.8, 4) is 11.3 Å². The van der Waals surface area contributed by atoms with Gasteiger partial charge in [0.15, 0.2) is 0 Å². The minimum absolute atomic E-state index is 0.271. The number of nitrogens with one attached hydrogen (secondary N) is 2. The number of hydrogen-bond acceptors (Lipinski definition) is 5. The van der Waals surface area contributed by atoms with Gasteiger partial charge < -0.3 is 15.4 Å². The summed E-state index contributed by atoms with van der Waals surface area (Å²) in [5, 5.41) is 7.08. The molecule has 144 valence electrons. The van der Waals surface area contributed by atoms with Gasteiger partial charge in [-0.15, -0.1) is 0 Å². The number of aromatic nitrogens is 2. The van der Waals surface area contributed by atoms with Crippen molar-refractivity contribution in [1.82, 2.24) is 9.97 Å². The largest absolute Gasteiger partial charge is 0.376 e. The Bertz CT molecular complexity index is 708. The molecule has 1 saturated heterocycles. The van der Waals surface area contributed by atoms with Crippen LogP contribution in [0.15, 0.2) is 36.4 Å². The molecule has 27 heavy (non-hydrogen) atoms. The summed E-state index contributed by atoms with van der Waals surface area (Å²) in [4.78, 5) is 9.51. The zero-order chi connectivity index (χ0) is 18.3. The maximum atomic E-state index is 5.72. The average molecular weight is 367 g/mol. The van der Waals surface area contributed by atoms with Crippen LogP contribution in [-0.2, 0) is 4.74 Å². The maximum Gasteiger partial charge on any atom is 0.225 e. The number of hydrogen-bond donors (Lipinski definition) is 2. The molecule has 0 spiro atoms. The molecule has 0 amide bonds. The fourth-order valence-corrected chi connectivity index (χ4v) is 4.00. The predicted octanol–water partition coefficient (Wildman–Crippen LogP) is 4.87. The highest BCUT2D eigenvalue weighted by Crippen LogP contribution is 2.25. The second kappa shape index (κ2) is 9.18. The molecule has 0 bridgehead atoms. The molecule has 1 aliphatic carbocycles. The average Bonchev–Trinajstić information content (AvgIpc) is 3.11. The molecule has 2 N–H and O–H groups in total. The van der Waals surface area contributed by atoms with Crippen molar-refractivity contribution in [3.05, 3.63) is 36.4 Å². The van der Waals surface area contributed by atoms with Gasteiger partial charge in [-0.2, -0.15) is 4.98 Å². The monoisotopic (exact) mass is 366 g/mol. The van der Waals surface area contributed by atoms with Crippen LogP contribution < -0.4 is 10.6 Å². The fraction of sp³-hybridized carbons (Fsp3) is 0.545. The lowest BCUT2D eigenvalue weighted by atomic mass is 10.1. The van der Waals surface area contributed by atoms with Gasteiger partial charge in [0.05, 0.1) is 11.8 Å². The topological polar surface area (TPSA) is 59.1 Å². The summed E-state index contributed by atoms with van der Waals surface area (Å²) in [6, 6.07) is 12.9. The number of rotatable bonds is 6. The molecule has 0 radical (unpaired) electrons. The van der Waals surface area contributed by atoms with E-state index in [4.69, 9.17) is 14.7 Å². The van der Waals surface area contributed by atoms with E-state index in [-0.39, 0.29) is 6.10 Å². The molecule has 1 unspecified atom stereocenters. The van der Waals surface area contributed by atoms with E-state index in [9.17, 15) is 0 Å². The van der Waals surface area contributed by atoms with E-state index in [1.807, 2.05) is 6.07 Å². The molecule has 5 nitrogen and oxygen atoms in total. The van der Waals surface area contributed by atoms with E-state index < -0.39 is 0 Å². The Balaban J connectivity index is 1.53. The van der Waals surface area contributed by atoms with Crippen molar-refractivity contribution in [2.24, 2.45) is 0 Å². The highest BCUT2D eigenvalue weighted by Gasteiger charge is 2.17. The van der Waals surface area contributed by atoms with E-state index in [1.165, 1.54) is 38.5 Å². The van der Waals surface area contributed by atoms with Crippen LogP contribution >= 0.6 is 0 Å². The number of anilines is 2. The number of benzene rings is 1. The Hall–Kier alpha value is -2.14. The van der Waals surface area contributed by atoms with Gasteiger partial charge in [-0.05, 0) is 25.7 Å².